The second kappa shape index (κ2) is 14.3. The zero-order valence-electron chi connectivity index (χ0n) is 27.9. The van der Waals surface area contributed by atoms with Gasteiger partial charge in [-0.1, -0.05) is 23.7 Å². The second-order valence-electron chi connectivity index (χ2n) is 12.2. The standard InChI is InChI=1S/C38H34ClNO11/c1-44-30-13-21(14-31(45-2)37(30)46-3)34-25-15-28-29(50-19-49-28)16-26(25)36(27-17-48-38(43)35(27)34)51-33(42)12-20-5-4-6-23(11-20)40-32(41)18-47-24-9-7-22(39)8-10-24/h4-11,13-16,27,34-36H,12,17-19H2,1-3H3,(H,40,41)/t27-,34+,35-,36-/m0/s1. The Morgan fingerprint density at radius 1 is 0.863 bits per heavy atom. The highest BCUT2D eigenvalue weighted by atomic mass is 35.5. The Bertz CT molecular complexity index is 1960. The van der Waals surface area contributed by atoms with Gasteiger partial charge in [0.25, 0.3) is 5.91 Å². The van der Waals surface area contributed by atoms with E-state index in [2.05, 4.69) is 5.32 Å². The molecular weight excluding hydrogens is 682 g/mol. The second-order valence-corrected chi connectivity index (χ2v) is 12.6. The molecule has 0 saturated carbocycles. The molecule has 1 N–H and O–H groups in total. The summed E-state index contributed by atoms with van der Waals surface area (Å²) >= 11 is 5.91. The minimum absolute atomic E-state index is 0.0343. The van der Waals surface area contributed by atoms with Gasteiger partial charge in [0.05, 0.1) is 40.3 Å². The third kappa shape index (κ3) is 6.79. The van der Waals surface area contributed by atoms with Crippen LogP contribution in [0.3, 0.4) is 0 Å². The quantitative estimate of drug-likeness (QED) is 0.187. The van der Waals surface area contributed by atoms with Crippen LogP contribution >= 0.6 is 11.6 Å². The molecule has 7 rings (SSSR count). The first-order chi connectivity index (χ1) is 24.8. The van der Waals surface area contributed by atoms with E-state index in [1.807, 2.05) is 24.3 Å². The average Bonchev–Trinajstić information content (AvgIpc) is 3.76. The van der Waals surface area contributed by atoms with Gasteiger partial charge in [0.1, 0.15) is 11.9 Å². The highest BCUT2D eigenvalue weighted by molar-refractivity contribution is 6.30. The molecule has 51 heavy (non-hydrogen) atoms. The van der Waals surface area contributed by atoms with Crippen molar-refractivity contribution in [3.63, 3.8) is 0 Å². The van der Waals surface area contributed by atoms with Crippen LogP contribution in [0.4, 0.5) is 5.69 Å². The number of rotatable bonds is 11. The molecule has 13 heteroatoms. The number of ether oxygens (including phenoxy) is 8. The molecule has 1 amide bonds. The minimum Gasteiger partial charge on any atom is -0.493 e. The molecule has 2 aliphatic heterocycles. The van der Waals surface area contributed by atoms with Gasteiger partial charge in [-0.25, -0.2) is 0 Å². The van der Waals surface area contributed by atoms with Crippen molar-refractivity contribution >= 4 is 35.1 Å². The molecule has 1 aliphatic carbocycles. The van der Waals surface area contributed by atoms with Gasteiger partial charge in [-0.3, -0.25) is 14.4 Å². The molecule has 0 bridgehead atoms. The number of esters is 2. The van der Waals surface area contributed by atoms with Gasteiger partial charge >= 0.3 is 11.9 Å². The van der Waals surface area contributed by atoms with E-state index in [9.17, 15) is 14.4 Å². The monoisotopic (exact) mass is 715 g/mol. The maximum atomic E-state index is 13.6. The number of cyclic esters (lactones) is 1. The Kier molecular flexibility index (Phi) is 9.50. The minimum atomic E-state index is -0.829. The first-order valence-corrected chi connectivity index (χ1v) is 16.5. The van der Waals surface area contributed by atoms with E-state index in [4.69, 9.17) is 49.5 Å². The van der Waals surface area contributed by atoms with Gasteiger partial charge in [0, 0.05) is 28.1 Å². The van der Waals surface area contributed by atoms with Crippen LogP contribution in [0, 0.1) is 11.8 Å². The van der Waals surface area contributed by atoms with Gasteiger partial charge < -0.3 is 43.2 Å². The molecule has 1 fully saturated rings. The van der Waals surface area contributed by atoms with E-state index < -0.39 is 35.8 Å². The van der Waals surface area contributed by atoms with Crippen molar-refractivity contribution in [3.05, 3.63) is 100 Å². The highest BCUT2D eigenvalue weighted by Crippen LogP contribution is 2.56. The van der Waals surface area contributed by atoms with Gasteiger partial charge in [-0.05, 0) is 77.4 Å². The lowest BCUT2D eigenvalue weighted by Gasteiger charge is -2.38. The van der Waals surface area contributed by atoms with Crippen LogP contribution in [0.25, 0.3) is 0 Å². The normalized spacial score (nSPS) is 19.6. The molecule has 12 nitrogen and oxygen atoms in total. The number of nitrogens with one attached hydrogen (secondary N) is 1. The molecule has 3 aliphatic rings. The molecule has 264 valence electrons. The van der Waals surface area contributed by atoms with Gasteiger partial charge in [-0.2, -0.15) is 0 Å². The van der Waals surface area contributed by atoms with Crippen LogP contribution in [0.1, 0.15) is 34.3 Å². The van der Waals surface area contributed by atoms with Crippen LogP contribution in [0.15, 0.2) is 72.8 Å². The van der Waals surface area contributed by atoms with Crippen LogP contribution in [0.2, 0.25) is 5.02 Å². The fraction of sp³-hybridized carbons (Fsp3) is 0.289. The predicted octanol–water partition coefficient (Wildman–Crippen LogP) is 5.87. The maximum Gasteiger partial charge on any atom is 0.310 e. The number of carbonyl (C=O) groups is 3. The van der Waals surface area contributed by atoms with Crippen molar-refractivity contribution in [2.75, 3.05) is 46.7 Å². The lowest BCUT2D eigenvalue weighted by molar-refractivity contribution is -0.153. The molecule has 0 spiro atoms. The summed E-state index contributed by atoms with van der Waals surface area (Å²) in [4.78, 5) is 39.7. The van der Waals surface area contributed by atoms with Gasteiger partial charge in [0.15, 0.2) is 29.6 Å². The van der Waals surface area contributed by atoms with E-state index >= 15 is 0 Å². The Hall–Kier alpha value is -5.62. The topological polar surface area (TPSA) is 137 Å². The van der Waals surface area contributed by atoms with E-state index in [1.54, 1.807) is 48.5 Å². The summed E-state index contributed by atoms with van der Waals surface area (Å²) in [6.45, 7) is -0.129. The number of carbonyl (C=O) groups excluding carboxylic acids is 3. The lowest BCUT2D eigenvalue weighted by Crippen LogP contribution is -2.36. The molecular formula is C38H34ClNO11. The summed E-state index contributed by atoms with van der Waals surface area (Å²) in [5.74, 6) is -0.252. The number of benzene rings is 4. The van der Waals surface area contributed by atoms with Gasteiger partial charge in [-0.15, -0.1) is 0 Å². The van der Waals surface area contributed by atoms with Crippen LogP contribution < -0.4 is 33.7 Å². The first kappa shape index (κ1) is 33.9. The largest absolute Gasteiger partial charge is 0.493 e. The lowest BCUT2D eigenvalue weighted by atomic mass is 9.66. The smallest absolute Gasteiger partial charge is 0.310 e. The van der Waals surface area contributed by atoms with Crippen LogP contribution in [-0.2, 0) is 30.3 Å². The van der Waals surface area contributed by atoms with Crippen molar-refractivity contribution < 1.29 is 52.3 Å². The SMILES string of the molecule is COc1cc([C@@H]2c3cc4c(cc3[C@H](OC(=O)Cc3cccc(NC(=O)COc5ccc(Cl)cc5)c3)[C@H]3COC(=O)[C@H]23)OCO4)cc(OC)c1OC. The number of halogens is 1. The Balaban J connectivity index is 1.14. The molecule has 0 unspecified atom stereocenters. The third-order valence-electron chi connectivity index (χ3n) is 9.17. The molecule has 4 aromatic rings. The van der Waals surface area contributed by atoms with E-state index in [0.717, 1.165) is 11.1 Å². The number of hydrogen-bond donors (Lipinski definition) is 1. The molecule has 4 atom stereocenters. The number of fused-ring (bicyclic) bond motifs is 3. The molecule has 4 aromatic carbocycles. The van der Waals surface area contributed by atoms with E-state index in [1.165, 1.54) is 21.3 Å². The van der Waals surface area contributed by atoms with Gasteiger partial charge in [0.2, 0.25) is 12.5 Å². The summed E-state index contributed by atoms with van der Waals surface area (Å²) < 4.78 is 45.6. The van der Waals surface area contributed by atoms with Crippen molar-refractivity contribution in [1.82, 2.24) is 0 Å². The summed E-state index contributed by atoms with van der Waals surface area (Å²) in [6, 6.07) is 20.8. The fourth-order valence-electron chi connectivity index (χ4n) is 6.93. The van der Waals surface area contributed by atoms with Crippen molar-refractivity contribution in [3.8, 4) is 34.5 Å². The Morgan fingerprint density at radius 3 is 2.25 bits per heavy atom. The molecule has 0 aromatic heterocycles. The summed E-state index contributed by atoms with van der Waals surface area (Å²) in [7, 11) is 4.57. The Morgan fingerprint density at radius 2 is 1.57 bits per heavy atom. The van der Waals surface area contributed by atoms with Crippen molar-refractivity contribution in [2.45, 2.75) is 18.4 Å². The summed E-state index contributed by atoms with van der Waals surface area (Å²) in [5, 5.41) is 3.35. The van der Waals surface area contributed by atoms with Crippen molar-refractivity contribution in [2.24, 2.45) is 11.8 Å². The summed E-state index contributed by atoms with van der Waals surface area (Å²) in [6.07, 6.45) is -0.922. The molecule has 0 radical (unpaired) electrons. The van der Waals surface area contributed by atoms with Crippen LogP contribution in [-0.4, -0.2) is 59.2 Å². The average molecular weight is 716 g/mol. The summed E-state index contributed by atoms with van der Waals surface area (Å²) in [5.41, 5.74) is 3.22. The number of anilines is 1. The maximum absolute atomic E-state index is 13.6. The molecule has 1 saturated heterocycles. The van der Waals surface area contributed by atoms with Crippen molar-refractivity contribution in [1.29, 1.82) is 0 Å². The first-order valence-electron chi connectivity index (χ1n) is 16.1. The van der Waals surface area contributed by atoms with E-state index in [0.29, 0.717) is 56.3 Å². The molecule has 2 heterocycles. The fourth-order valence-corrected chi connectivity index (χ4v) is 7.06. The predicted molar refractivity (Wildman–Crippen MR) is 183 cm³/mol. The van der Waals surface area contributed by atoms with Crippen LogP contribution in [0.5, 0.6) is 34.5 Å². The zero-order chi connectivity index (χ0) is 35.6. The number of hydrogen-bond acceptors (Lipinski definition) is 11. The third-order valence-corrected chi connectivity index (χ3v) is 9.42. The number of amides is 1. The van der Waals surface area contributed by atoms with E-state index in [-0.39, 0.29) is 32.3 Å². The highest BCUT2D eigenvalue weighted by Gasteiger charge is 2.54. The Labute approximate surface area is 298 Å². The number of methoxy groups -OCH3 is 3. The zero-order valence-corrected chi connectivity index (χ0v) is 28.7.